The van der Waals surface area contributed by atoms with Crippen LogP contribution in [0.4, 0.5) is 5.69 Å². The van der Waals surface area contributed by atoms with Gasteiger partial charge in [-0.15, -0.1) is 0 Å². The van der Waals surface area contributed by atoms with Crippen LogP contribution in [0.15, 0.2) is 102 Å². The van der Waals surface area contributed by atoms with Gasteiger partial charge in [-0.3, -0.25) is 0 Å². The first kappa shape index (κ1) is 25.1. The number of para-hydroxylation sites is 1. The van der Waals surface area contributed by atoms with E-state index in [2.05, 4.69) is 145 Å². The maximum absolute atomic E-state index is 2.43. The third kappa shape index (κ3) is 4.11. The fraction of sp³-hybridized carbons (Fsp3) is 0.278. The average Bonchev–Trinajstić information content (AvgIpc) is 3.14. The summed E-state index contributed by atoms with van der Waals surface area (Å²) in [5.74, 6) is 0.498. The standard InChI is InChI=1S/C36H39N/c1-8-14-27(9-2)37(7)33-18-13-11-15-28(33)26-21-19-24(3)31(23-26)34-25(4)20-22-30-29-16-10-12-17-32(29)36(5,6)35(30)34/h8-15,17-23,29H,16H2,1-7H3/b14-8-,27-9+. The number of benzene rings is 3. The Hall–Kier alpha value is -3.58. The Labute approximate surface area is 223 Å². The number of allylic oxidation sites excluding steroid dienone is 7. The van der Waals surface area contributed by atoms with E-state index in [0.717, 1.165) is 6.42 Å². The van der Waals surface area contributed by atoms with Crippen LogP contribution in [-0.4, -0.2) is 7.05 Å². The van der Waals surface area contributed by atoms with Crippen molar-refractivity contribution in [2.75, 3.05) is 11.9 Å². The fourth-order valence-corrected chi connectivity index (χ4v) is 6.53. The second kappa shape index (κ2) is 9.71. The third-order valence-electron chi connectivity index (χ3n) is 8.43. The van der Waals surface area contributed by atoms with Gasteiger partial charge in [-0.25, -0.2) is 0 Å². The van der Waals surface area contributed by atoms with E-state index in [1.807, 2.05) is 0 Å². The quantitative estimate of drug-likeness (QED) is 0.325. The van der Waals surface area contributed by atoms with Crippen LogP contribution in [-0.2, 0) is 5.41 Å². The van der Waals surface area contributed by atoms with E-state index in [4.69, 9.17) is 0 Å². The predicted octanol–water partition coefficient (Wildman–Crippen LogP) is 9.81. The Kier molecular flexibility index (Phi) is 6.58. The lowest BCUT2D eigenvalue weighted by Gasteiger charge is -2.28. The van der Waals surface area contributed by atoms with E-state index < -0.39 is 0 Å². The molecule has 5 rings (SSSR count). The first-order valence-corrected chi connectivity index (χ1v) is 13.5. The maximum atomic E-state index is 2.43. The monoisotopic (exact) mass is 485 g/mol. The topological polar surface area (TPSA) is 3.24 Å². The number of rotatable bonds is 5. The summed E-state index contributed by atoms with van der Waals surface area (Å²) in [5, 5.41) is 0. The SMILES string of the molecule is C/C=C\C(=C/C)N(C)c1ccccc1-c1ccc(C)c(-c2c(C)ccc3c2C(C)(C)C2=CC=CCC23)c1. The summed E-state index contributed by atoms with van der Waals surface area (Å²) in [6.07, 6.45) is 14.5. The second-order valence-corrected chi connectivity index (χ2v) is 11.0. The van der Waals surface area contributed by atoms with Gasteiger partial charge < -0.3 is 4.90 Å². The summed E-state index contributed by atoms with van der Waals surface area (Å²) >= 11 is 0. The molecule has 0 saturated heterocycles. The highest BCUT2D eigenvalue weighted by Crippen LogP contribution is 2.56. The van der Waals surface area contributed by atoms with Crippen molar-refractivity contribution in [3.8, 4) is 22.3 Å². The fourth-order valence-electron chi connectivity index (χ4n) is 6.53. The number of anilines is 1. The van der Waals surface area contributed by atoms with Crippen molar-refractivity contribution < 1.29 is 0 Å². The summed E-state index contributed by atoms with van der Waals surface area (Å²) < 4.78 is 0. The van der Waals surface area contributed by atoms with E-state index in [-0.39, 0.29) is 5.41 Å². The molecule has 0 spiro atoms. The van der Waals surface area contributed by atoms with Gasteiger partial charge >= 0.3 is 0 Å². The number of hydrogen-bond acceptors (Lipinski definition) is 1. The van der Waals surface area contributed by atoms with Crippen LogP contribution in [0.3, 0.4) is 0 Å². The van der Waals surface area contributed by atoms with E-state index in [0.29, 0.717) is 5.92 Å². The molecule has 0 heterocycles. The first-order chi connectivity index (χ1) is 17.8. The smallest absolute Gasteiger partial charge is 0.0487 e. The molecule has 0 aromatic heterocycles. The molecule has 0 amide bonds. The Bertz CT molecular complexity index is 1470. The van der Waals surface area contributed by atoms with Gasteiger partial charge in [-0.1, -0.05) is 92.3 Å². The molecule has 1 heteroatoms. The number of fused-ring (bicyclic) bond motifs is 3. The van der Waals surface area contributed by atoms with E-state index in [1.165, 1.54) is 55.9 Å². The average molecular weight is 486 g/mol. The molecule has 2 aliphatic rings. The Balaban J connectivity index is 1.70. The zero-order valence-electron chi connectivity index (χ0n) is 23.4. The summed E-state index contributed by atoms with van der Waals surface area (Å²) in [6, 6.07) is 20.5. The Morgan fingerprint density at radius 3 is 2.46 bits per heavy atom. The van der Waals surface area contributed by atoms with Crippen molar-refractivity contribution in [2.24, 2.45) is 0 Å². The van der Waals surface area contributed by atoms with Gasteiger partial charge in [-0.2, -0.15) is 0 Å². The molecule has 3 aromatic carbocycles. The minimum absolute atomic E-state index is 0.0139. The zero-order valence-corrected chi connectivity index (χ0v) is 23.4. The molecule has 0 saturated carbocycles. The van der Waals surface area contributed by atoms with Gasteiger partial charge in [0.05, 0.1) is 0 Å². The molecule has 3 aromatic rings. The molecule has 1 nitrogen and oxygen atoms in total. The second-order valence-electron chi connectivity index (χ2n) is 11.0. The van der Waals surface area contributed by atoms with Crippen LogP contribution >= 0.6 is 0 Å². The number of aryl methyl sites for hydroxylation is 2. The van der Waals surface area contributed by atoms with Crippen molar-refractivity contribution in [1.82, 2.24) is 0 Å². The molecule has 2 aliphatic carbocycles. The molecule has 1 unspecified atom stereocenters. The van der Waals surface area contributed by atoms with E-state index in [1.54, 1.807) is 5.57 Å². The maximum Gasteiger partial charge on any atom is 0.0487 e. The van der Waals surface area contributed by atoms with Gasteiger partial charge in [0.1, 0.15) is 0 Å². The largest absolute Gasteiger partial charge is 0.344 e. The van der Waals surface area contributed by atoms with Gasteiger partial charge in [0.25, 0.3) is 0 Å². The molecule has 37 heavy (non-hydrogen) atoms. The Morgan fingerprint density at radius 1 is 0.946 bits per heavy atom. The predicted molar refractivity (Wildman–Crippen MR) is 161 cm³/mol. The highest BCUT2D eigenvalue weighted by Gasteiger charge is 2.43. The summed E-state index contributed by atoms with van der Waals surface area (Å²) in [4.78, 5) is 2.29. The van der Waals surface area contributed by atoms with Crippen molar-refractivity contribution in [2.45, 2.75) is 59.3 Å². The highest BCUT2D eigenvalue weighted by molar-refractivity contribution is 5.86. The normalized spacial score (nSPS) is 18.1. The first-order valence-electron chi connectivity index (χ1n) is 13.5. The molecule has 1 atom stereocenters. The molecule has 0 N–H and O–H groups in total. The minimum Gasteiger partial charge on any atom is -0.344 e. The van der Waals surface area contributed by atoms with Gasteiger partial charge in [0, 0.05) is 35.3 Å². The van der Waals surface area contributed by atoms with Crippen molar-refractivity contribution in [1.29, 1.82) is 0 Å². The lowest BCUT2D eigenvalue weighted by Crippen LogP contribution is -2.18. The van der Waals surface area contributed by atoms with Crippen LogP contribution in [0.5, 0.6) is 0 Å². The van der Waals surface area contributed by atoms with E-state index in [9.17, 15) is 0 Å². The Morgan fingerprint density at radius 2 is 1.70 bits per heavy atom. The van der Waals surface area contributed by atoms with Crippen LogP contribution in [0.2, 0.25) is 0 Å². The van der Waals surface area contributed by atoms with Crippen LogP contribution in [0.1, 0.15) is 62.3 Å². The molecule has 188 valence electrons. The van der Waals surface area contributed by atoms with Gasteiger partial charge in [0.15, 0.2) is 0 Å². The lowest BCUT2D eigenvalue weighted by molar-refractivity contribution is 0.613. The molecular formula is C36H39N. The number of nitrogens with zero attached hydrogens (tertiary/aromatic N) is 1. The summed E-state index contributed by atoms with van der Waals surface area (Å²) in [6.45, 7) is 13.5. The molecule has 0 radical (unpaired) electrons. The number of likely N-dealkylation sites (N-methyl/N-ethyl adjacent to an activating group) is 1. The van der Waals surface area contributed by atoms with Crippen molar-refractivity contribution in [3.63, 3.8) is 0 Å². The van der Waals surface area contributed by atoms with Crippen molar-refractivity contribution >= 4 is 5.69 Å². The minimum atomic E-state index is 0.0139. The molecule has 0 bridgehead atoms. The summed E-state index contributed by atoms with van der Waals surface area (Å²) in [5.41, 5.74) is 14.9. The lowest BCUT2D eigenvalue weighted by atomic mass is 9.76. The van der Waals surface area contributed by atoms with Gasteiger partial charge in [0.2, 0.25) is 0 Å². The highest BCUT2D eigenvalue weighted by atomic mass is 15.1. The van der Waals surface area contributed by atoms with Crippen molar-refractivity contribution in [3.05, 3.63) is 125 Å². The van der Waals surface area contributed by atoms with Crippen LogP contribution in [0.25, 0.3) is 22.3 Å². The summed E-state index contributed by atoms with van der Waals surface area (Å²) in [7, 11) is 2.16. The van der Waals surface area contributed by atoms with Crippen LogP contribution < -0.4 is 4.90 Å². The zero-order chi connectivity index (χ0) is 26.3. The molecular weight excluding hydrogens is 446 g/mol. The van der Waals surface area contributed by atoms with Crippen LogP contribution in [0, 0.1) is 13.8 Å². The molecule has 0 fully saturated rings. The number of hydrogen-bond donors (Lipinski definition) is 0. The van der Waals surface area contributed by atoms with E-state index >= 15 is 0 Å². The molecule has 0 aliphatic heterocycles. The van der Waals surface area contributed by atoms with Gasteiger partial charge in [-0.05, 0) is 91.3 Å². The third-order valence-corrected chi connectivity index (χ3v) is 8.43.